The van der Waals surface area contributed by atoms with Gasteiger partial charge < -0.3 is 10.4 Å². The fraction of sp³-hybridized carbons (Fsp3) is 0.0909. The fourth-order valence-corrected chi connectivity index (χ4v) is 1.25. The molecule has 1 heterocycles. The van der Waals surface area contributed by atoms with Crippen molar-refractivity contribution in [1.29, 1.82) is 0 Å². The predicted molar refractivity (Wildman–Crippen MR) is 57.6 cm³/mol. The topological polar surface area (TPSA) is 58.0 Å². The summed E-state index contributed by atoms with van der Waals surface area (Å²) >= 11 is 0. The molecule has 0 unspecified atom stereocenters. The van der Waals surface area contributed by atoms with Crippen LogP contribution in [-0.4, -0.2) is 15.1 Å². The second kappa shape index (κ2) is 4.84. The van der Waals surface area contributed by atoms with E-state index in [0.717, 1.165) is 12.1 Å². The van der Waals surface area contributed by atoms with Gasteiger partial charge in [0.1, 0.15) is 0 Å². The zero-order chi connectivity index (χ0) is 12.3. The highest BCUT2D eigenvalue weighted by Gasteiger charge is 2.04. The molecule has 1 aromatic carbocycles. The average molecular weight is 237 g/mol. The number of nitrogens with zero attached hydrogens (tertiary/aromatic N) is 2. The minimum absolute atomic E-state index is 0.211. The van der Waals surface area contributed by atoms with Gasteiger partial charge >= 0.3 is 0 Å². The summed E-state index contributed by atoms with van der Waals surface area (Å²) < 4.78 is 25.6. The third-order valence-electron chi connectivity index (χ3n) is 2.05. The minimum atomic E-state index is -0.951. The summed E-state index contributed by atoms with van der Waals surface area (Å²) in [4.78, 5) is 7.84. The van der Waals surface area contributed by atoms with Gasteiger partial charge in [-0.15, -0.1) is 0 Å². The molecule has 0 aliphatic carbocycles. The first-order valence-electron chi connectivity index (χ1n) is 4.84. The lowest BCUT2D eigenvalue weighted by Gasteiger charge is -2.05. The van der Waals surface area contributed by atoms with Gasteiger partial charge in [0, 0.05) is 18.0 Å². The molecule has 0 saturated heterocycles. The Morgan fingerprint density at radius 1 is 1.18 bits per heavy atom. The second-order valence-corrected chi connectivity index (χ2v) is 3.28. The molecule has 6 heteroatoms. The molecule has 2 N–H and O–H groups in total. The Kier molecular flexibility index (Phi) is 3.24. The first-order chi connectivity index (χ1) is 8.19. The Balaban J connectivity index is 2.22. The molecule has 1 aromatic heterocycles. The first kappa shape index (κ1) is 11.4. The van der Waals surface area contributed by atoms with Crippen LogP contribution in [0.2, 0.25) is 0 Å². The summed E-state index contributed by atoms with van der Waals surface area (Å²) in [7, 11) is 0. The van der Waals surface area contributed by atoms with Crippen LogP contribution in [0, 0.1) is 11.6 Å². The smallest absolute Gasteiger partial charge is 0.227 e. The molecule has 2 aromatic rings. The molecule has 0 aliphatic rings. The molecule has 0 saturated carbocycles. The Labute approximate surface area is 96.0 Å². The van der Waals surface area contributed by atoms with Crippen molar-refractivity contribution in [2.24, 2.45) is 0 Å². The molecule has 0 aliphatic heterocycles. The molecule has 0 fully saturated rings. The van der Waals surface area contributed by atoms with Gasteiger partial charge in [-0.05, 0) is 18.2 Å². The van der Waals surface area contributed by atoms with Crippen LogP contribution in [0.15, 0.2) is 30.5 Å². The quantitative estimate of drug-likeness (QED) is 0.857. The standard InChI is InChI=1S/C11H9F2N3O/c12-9-2-1-7(5-10(9)13)15-11-14-4-3-8(6-17)16-11/h1-5,17H,6H2,(H,14,15,16). The van der Waals surface area contributed by atoms with E-state index in [1.165, 1.54) is 12.3 Å². The normalized spacial score (nSPS) is 10.3. The number of anilines is 2. The number of rotatable bonds is 3. The van der Waals surface area contributed by atoms with Gasteiger partial charge in [-0.2, -0.15) is 0 Å². The fourth-order valence-electron chi connectivity index (χ4n) is 1.25. The predicted octanol–water partition coefficient (Wildman–Crippen LogP) is 1.99. The molecule has 0 spiro atoms. The highest BCUT2D eigenvalue weighted by molar-refractivity contribution is 5.52. The Hall–Kier alpha value is -2.08. The maximum absolute atomic E-state index is 12.9. The number of halogens is 2. The maximum atomic E-state index is 12.9. The van der Waals surface area contributed by atoms with Crippen LogP contribution in [0.3, 0.4) is 0 Å². The number of hydrogen-bond donors (Lipinski definition) is 2. The molecule has 0 bridgehead atoms. The van der Waals surface area contributed by atoms with Crippen molar-refractivity contribution in [1.82, 2.24) is 9.97 Å². The van der Waals surface area contributed by atoms with E-state index in [0.29, 0.717) is 11.4 Å². The van der Waals surface area contributed by atoms with E-state index < -0.39 is 11.6 Å². The molecule has 88 valence electrons. The molecule has 0 atom stereocenters. The second-order valence-electron chi connectivity index (χ2n) is 3.28. The molecule has 0 amide bonds. The largest absolute Gasteiger partial charge is 0.390 e. The van der Waals surface area contributed by atoms with Gasteiger partial charge in [0.15, 0.2) is 11.6 Å². The van der Waals surface area contributed by atoms with Crippen molar-refractivity contribution in [3.63, 3.8) is 0 Å². The zero-order valence-electron chi connectivity index (χ0n) is 8.69. The summed E-state index contributed by atoms with van der Waals surface area (Å²) in [5.41, 5.74) is 0.768. The molecular formula is C11H9F2N3O. The van der Waals surface area contributed by atoms with Gasteiger partial charge in [0.25, 0.3) is 0 Å². The summed E-state index contributed by atoms with van der Waals surface area (Å²) in [5, 5.41) is 11.6. The van der Waals surface area contributed by atoms with E-state index in [-0.39, 0.29) is 12.6 Å². The number of benzene rings is 1. The van der Waals surface area contributed by atoms with E-state index >= 15 is 0 Å². The number of aliphatic hydroxyl groups is 1. The van der Waals surface area contributed by atoms with Crippen molar-refractivity contribution < 1.29 is 13.9 Å². The monoisotopic (exact) mass is 237 g/mol. The number of aliphatic hydroxyl groups excluding tert-OH is 1. The summed E-state index contributed by atoms with van der Waals surface area (Å²) in [6.07, 6.45) is 1.46. The highest BCUT2D eigenvalue weighted by Crippen LogP contribution is 2.16. The number of nitrogens with one attached hydrogen (secondary N) is 1. The van der Waals surface area contributed by atoms with Crippen molar-refractivity contribution in [2.45, 2.75) is 6.61 Å². The molecular weight excluding hydrogens is 228 g/mol. The van der Waals surface area contributed by atoms with E-state index in [1.54, 1.807) is 6.07 Å². The lowest BCUT2D eigenvalue weighted by molar-refractivity contribution is 0.277. The Bertz CT molecular complexity index is 534. The van der Waals surface area contributed by atoms with Crippen LogP contribution in [-0.2, 0) is 6.61 Å². The van der Waals surface area contributed by atoms with E-state index in [4.69, 9.17) is 5.11 Å². The van der Waals surface area contributed by atoms with Gasteiger partial charge in [0.05, 0.1) is 12.3 Å². The lowest BCUT2D eigenvalue weighted by atomic mass is 10.3. The van der Waals surface area contributed by atoms with Crippen LogP contribution in [0.5, 0.6) is 0 Å². The molecule has 0 radical (unpaired) electrons. The van der Waals surface area contributed by atoms with E-state index in [1.807, 2.05) is 0 Å². The van der Waals surface area contributed by atoms with Crippen LogP contribution >= 0.6 is 0 Å². The maximum Gasteiger partial charge on any atom is 0.227 e. The van der Waals surface area contributed by atoms with Crippen molar-refractivity contribution in [3.05, 3.63) is 47.8 Å². The van der Waals surface area contributed by atoms with Crippen LogP contribution in [0.4, 0.5) is 20.4 Å². The minimum Gasteiger partial charge on any atom is -0.390 e. The van der Waals surface area contributed by atoms with Gasteiger partial charge in [-0.1, -0.05) is 0 Å². The van der Waals surface area contributed by atoms with Crippen LogP contribution in [0.1, 0.15) is 5.69 Å². The zero-order valence-corrected chi connectivity index (χ0v) is 8.69. The van der Waals surface area contributed by atoms with Crippen molar-refractivity contribution in [3.8, 4) is 0 Å². The van der Waals surface area contributed by atoms with Gasteiger partial charge in [-0.3, -0.25) is 0 Å². The number of aromatic nitrogens is 2. The average Bonchev–Trinajstić information content (AvgIpc) is 2.34. The summed E-state index contributed by atoms with van der Waals surface area (Å²) in [5.74, 6) is -1.66. The Morgan fingerprint density at radius 3 is 2.71 bits per heavy atom. The lowest BCUT2D eigenvalue weighted by Crippen LogP contribution is -2.00. The van der Waals surface area contributed by atoms with Gasteiger partial charge in [-0.25, -0.2) is 18.7 Å². The molecule has 4 nitrogen and oxygen atoms in total. The van der Waals surface area contributed by atoms with E-state index in [2.05, 4.69) is 15.3 Å². The van der Waals surface area contributed by atoms with Gasteiger partial charge in [0.2, 0.25) is 5.95 Å². The van der Waals surface area contributed by atoms with Crippen LogP contribution < -0.4 is 5.32 Å². The van der Waals surface area contributed by atoms with Crippen LogP contribution in [0.25, 0.3) is 0 Å². The van der Waals surface area contributed by atoms with Crippen molar-refractivity contribution in [2.75, 3.05) is 5.32 Å². The van der Waals surface area contributed by atoms with Crippen molar-refractivity contribution >= 4 is 11.6 Å². The SMILES string of the molecule is OCc1ccnc(Nc2ccc(F)c(F)c2)n1. The first-order valence-corrected chi connectivity index (χ1v) is 4.84. The third kappa shape index (κ3) is 2.73. The number of hydrogen-bond acceptors (Lipinski definition) is 4. The molecule has 17 heavy (non-hydrogen) atoms. The van der Waals surface area contributed by atoms with E-state index in [9.17, 15) is 8.78 Å². The summed E-state index contributed by atoms with van der Waals surface area (Å²) in [6, 6.07) is 4.93. The summed E-state index contributed by atoms with van der Waals surface area (Å²) in [6.45, 7) is -0.213. The third-order valence-corrected chi connectivity index (χ3v) is 2.05. The molecule has 2 rings (SSSR count). The highest BCUT2D eigenvalue weighted by atomic mass is 19.2. The Morgan fingerprint density at radius 2 is 2.00 bits per heavy atom.